The van der Waals surface area contributed by atoms with E-state index in [-0.39, 0.29) is 19.7 Å². The van der Waals surface area contributed by atoms with Crippen LogP contribution in [0.15, 0.2) is 19.7 Å². The summed E-state index contributed by atoms with van der Waals surface area (Å²) in [6.07, 6.45) is 0. The minimum atomic E-state index is -4.56. The van der Waals surface area contributed by atoms with Gasteiger partial charge in [0.15, 0.2) is 0 Å². The Morgan fingerprint density at radius 3 is 2.18 bits per heavy atom. The Labute approximate surface area is 118 Å². The summed E-state index contributed by atoms with van der Waals surface area (Å²) in [6.45, 7) is 0. The summed E-state index contributed by atoms with van der Waals surface area (Å²) in [5, 5.41) is 1.76. The SMILES string of the molecule is O=C1C(Cl)=C(Br)C(=O)C(NCS(=O)(=O)[O-])=C1Br. The van der Waals surface area contributed by atoms with Gasteiger partial charge in [-0.3, -0.25) is 9.59 Å². The number of hydrogen-bond acceptors (Lipinski definition) is 6. The summed E-state index contributed by atoms with van der Waals surface area (Å²) in [5.74, 6) is -2.41. The summed E-state index contributed by atoms with van der Waals surface area (Å²) in [5.41, 5.74) is -0.328. The van der Waals surface area contributed by atoms with Gasteiger partial charge in [-0.2, -0.15) is 0 Å². The zero-order valence-electron chi connectivity index (χ0n) is 7.79. The summed E-state index contributed by atoms with van der Waals surface area (Å²) < 4.78 is 30.8. The zero-order valence-corrected chi connectivity index (χ0v) is 12.5. The van der Waals surface area contributed by atoms with E-state index in [1.54, 1.807) is 0 Å². The van der Waals surface area contributed by atoms with Crippen molar-refractivity contribution in [3.05, 3.63) is 19.7 Å². The van der Waals surface area contributed by atoms with Crippen LogP contribution >= 0.6 is 43.5 Å². The van der Waals surface area contributed by atoms with Crippen molar-refractivity contribution in [1.29, 1.82) is 0 Å². The summed E-state index contributed by atoms with van der Waals surface area (Å²) in [7, 11) is -4.56. The third kappa shape index (κ3) is 3.38. The number of nitrogens with one attached hydrogen (secondary N) is 1. The Bertz CT molecular complexity index is 565. The highest BCUT2D eigenvalue weighted by atomic mass is 79.9. The molecule has 0 saturated heterocycles. The molecule has 0 amide bonds. The average molecular weight is 408 g/mol. The maximum absolute atomic E-state index is 11.6. The van der Waals surface area contributed by atoms with Crippen molar-refractivity contribution in [3.63, 3.8) is 0 Å². The van der Waals surface area contributed by atoms with Gasteiger partial charge in [0.05, 0.1) is 8.96 Å². The van der Waals surface area contributed by atoms with E-state index in [2.05, 4.69) is 37.2 Å². The quantitative estimate of drug-likeness (QED) is 0.544. The number of carbonyl (C=O) groups excluding carboxylic acids is 2. The van der Waals surface area contributed by atoms with Gasteiger partial charge in [-0.25, -0.2) is 8.42 Å². The molecule has 1 aliphatic rings. The van der Waals surface area contributed by atoms with E-state index >= 15 is 0 Å². The number of rotatable bonds is 3. The minimum absolute atomic E-state index is 0.196. The molecule has 6 nitrogen and oxygen atoms in total. The van der Waals surface area contributed by atoms with Crippen molar-refractivity contribution in [2.24, 2.45) is 0 Å². The zero-order chi connectivity index (χ0) is 13.4. The fraction of sp³-hybridized carbons (Fsp3) is 0.143. The van der Waals surface area contributed by atoms with E-state index in [4.69, 9.17) is 11.6 Å². The minimum Gasteiger partial charge on any atom is -0.747 e. The van der Waals surface area contributed by atoms with Crippen molar-refractivity contribution in [3.8, 4) is 0 Å². The van der Waals surface area contributed by atoms with Crippen LogP contribution in [0.25, 0.3) is 0 Å². The molecule has 1 N–H and O–H groups in total. The van der Waals surface area contributed by atoms with Crippen LogP contribution < -0.4 is 5.32 Å². The number of ketones is 2. The first kappa shape index (κ1) is 14.8. The monoisotopic (exact) mass is 406 g/mol. The number of carbonyl (C=O) groups is 2. The maximum atomic E-state index is 11.6. The van der Waals surface area contributed by atoms with Gasteiger partial charge in [0.25, 0.3) is 0 Å². The van der Waals surface area contributed by atoms with Crippen LogP contribution in [0.2, 0.25) is 0 Å². The van der Waals surface area contributed by atoms with Crippen LogP contribution in [0.4, 0.5) is 0 Å². The summed E-state index contributed by atoms with van der Waals surface area (Å²) >= 11 is 11.2. The highest BCUT2D eigenvalue weighted by Crippen LogP contribution is 2.32. The molecule has 0 fully saturated rings. The topological polar surface area (TPSA) is 103 Å². The van der Waals surface area contributed by atoms with Gasteiger partial charge in [0.1, 0.15) is 26.7 Å². The Hall–Kier alpha value is -0.220. The molecule has 0 spiro atoms. The fourth-order valence-electron chi connectivity index (χ4n) is 0.937. The van der Waals surface area contributed by atoms with E-state index in [0.29, 0.717) is 0 Å². The Balaban J connectivity index is 3.08. The van der Waals surface area contributed by atoms with E-state index in [1.165, 1.54) is 0 Å². The fourth-order valence-corrected chi connectivity index (χ4v) is 2.45. The normalized spacial score (nSPS) is 17.9. The van der Waals surface area contributed by atoms with Gasteiger partial charge in [0, 0.05) is 0 Å². The van der Waals surface area contributed by atoms with Crippen LogP contribution in [0.1, 0.15) is 0 Å². The van der Waals surface area contributed by atoms with Gasteiger partial charge in [-0.05, 0) is 31.9 Å². The molecule has 1 aliphatic carbocycles. The molecule has 0 bridgehead atoms. The van der Waals surface area contributed by atoms with Gasteiger partial charge in [-0.15, -0.1) is 0 Å². The Morgan fingerprint density at radius 2 is 1.71 bits per heavy atom. The van der Waals surface area contributed by atoms with Crippen molar-refractivity contribution in [1.82, 2.24) is 5.32 Å². The Morgan fingerprint density at radius 1 is 1.18 bits per heavy atom. The first-order chi connectivity index (χ1) is 7.65. The molecule has 0 aromatic heterocycles. The smallest absolute Gasteiger partial charge is 0.218 e. The Kier molecular flexibility index (Phi) is 4.53. The molecule has 0 aromatic rings. The molecule has 0 saturated carbocycles. The van der Waals surface area contributed by atoms with Crippen molar-refractivity contribution in [2.75, 3.05) is 5.88 Å². The highest BCUT2D eigenvalue weighted by molar-refractivity contribution is 9.12. The van der Waals surface area contributed by atoms with Crippen molar-refractivity contribution in [2.45, 2.75) is 0 Å². The predicted octanol–water partition coefficient (Wildman–Crippen LogP) is 0.682. The molecule has 10 heteroatoms. The number of allylic oxidation sites excluding steroid dienone is 3. The molecular formula is C7H3Br2ClNO5S-. The first-order valence-corrected chi connectivity index (χ1v) is 7.41. The standard InChI is InChI=1S/C7H4Br2ClNO5S/c8-2-4(10)6(12)3(9)5(7(2)13)11-1-17(14,15)16/h11H,1H2,(H,14,15,16)/p-1. The number of halogens is 3. The second-order valence-corrected chi connectivity index (χ2v) is 6.22. The largest absolute Gasteiger partial charge is 0.747 e. The van der Waals surface area contributed by atoms with Crippen LogP contribution in [0, 0.1) is 0 Å². The van der Waals surface area contributed by atoms with Crippen molar-refractivity contribution >= 4 is 65.1 Å². The van der Waals surface area contributed by atoms with Crippen molar-refractivity contribution < 1.29 is 22.6 Å². The van der Waals surface area contributed by atoms with Crippen LogP contribution in [-0.4, -0.2) is 30.4 Å². The first-order valence-electron chi connectivity index (χ1n) is 3.87. The third-order valence-electron chi connectivity index (χ3n) is 1.66. The van der Waals surface area contributed by atoms with Crippen LogP contribution in [-0.2, 0) is 19.7 Å². The molecule has 0 heterocycles. The molecule has 0 aliphatic heterocycles. The van der Waals surface area contributed by atoms with Gasteiger partial charge in [-0.1, -0.05) is 11.6 Å². The third-order valence-corrected chi connectivity index (χ3v) is 4.26. The molecule has 17 heavy (non-hydrogen) atoms. The van der Waals surface area contributed by atoms with Crippen LogP contribution in [0.3, 0.4) is 0 Å². The average Bonchev–Trinajstić information content (AvgIpc) is 2.22. The lowest BCUT2D eigenvalue weighted by Crippen LogP contribution is -2.31. The lowest BCUT2D eigenvalue weighted by molar-refractivity contribution is -0.115. The summed E-state index contributed by atoms with van der Waals surface area (Å²) in [6, 6.07) is 0. The van der Waals surface area contributed by atoms with Crippen LogP contribution in [0.5, 0.6) is 0 Å². The molecule has 0 radical (unpaired) electrons. The van der Waals surface area contributed by atoms with Gasteiger partial charge >= 0.3 is 0 Å². The molecule has 0 atom stereocenters. The number of hydrogen-bond donors (Lipinski definition) is 1. The molecule has 0 unspecified atom stereocenters. The van der Waals surface area contributed by atoms with E-state index in [1.807, 2.05) is 0 Å². The van der Waals surface area contributed by atoms with E-state index < -0.39 is 27.6 Å². The van der Waals surface area contributed by atoms with E-state index in [0.717, 1.165) is 0 Å². The molecular weight excluding hydrogens is 405 g/mol. The highest BCUT2D eigenvalue weighted by Gasteiger charge is 2.31. The second kappa shape index (κ2) is 5.19. The number of Topliss-reactive ketones (excluding diaryl/α,β-unsaturated/α-hetero) is 2. The lowest BCUT2D eigenvalue weighted by atomic mass is 10.1. The second-order valence-electron chi connectivity index (χ2n) is 2.85. The molecule has 94 valence electrons. The maximum Gasteiger partial charge on any atom is 0.218 e. The molecule has 1 rings (SSSR count). The van der Waals surface area contributed by atoms with Gasteiger partial charge in [0.2, 0.25) is 11.6 Å². The summed E-state index contributed by atoms with van der Waals surface area (Å²) in [4.78, 5) is 23.1. The van der Waals surface area contributed by atoms with E-state index in [9.17, 15) is 22.6 Å². The van der Waals surface area contributed by atoms with Gasteiger partial charge < -0.3 is 9.87 Å². The lowest BCUT2D eigenvalue weighted by Gasteiger charge is -2.17. The predicted molar refractivity (Wildman–Crippen MR) is 65.5 cm³/mol. The molecule has 0 aromatic carbocycles.